The van der Waals surface area contributed by atoms with Crippen molar-refractivity contribution in [3.8, 4) is 0 Å². The summed E-state index contributed by atoms with van der Waals surface area (Å²) in [5.74, 6) is 0. The predicted molar refractivity (Wildman–Crippen MR) is 61.2 cm³/mol. The summed E-state index contributed by atoms with van der Waals surface area (Å²) >= 11 is 0. The number of imidazole rings is 1. The number of fused-ring (bicyclic) bond motifs is 1. The molecule has 19 heavy (non-hydrogen) atoms. The van der Waals surface area contributed by atoms with E-state index >= 15 is 0 Å². The zero-order chi connectivity index (χ0) is 15.3. The number of aromatic amines is 1. The van der Waals surface area contributed by atoms with E-state index in [1.165, 1.54) is 0 Å². The number of aliphatic hydroxyl groups is 3. The topological polar surface area (TPSA) is 133 Å². The van der Waals surface area contributed by atoms with Crippen LogP contribution in [0.1, 0.15) is 8.97 Å². The van der Waals surface area contributed by atoms with Crippen LogP contribution in [0.5, 0.6) is 0 Å². The number of ether oxygens (including phenoxy) is 1. The normalized spacial score (nSPS) is 32.6. The van der Waals surface area contributed by atoms with Crippen LogP contribution in [-0.2, 0) is 4.74 Å². The van der Waals surface area contributed by atoms with Crippen LogP contribution in [0.15, 0.2) is 17.4 Å². The van der Waals surface area contributed by atoms with Crippen molar-refractivity contribution >= 4 is 11.2 Å². The van der Waals surface area contributed by atoms with Crippen molar-refractivity contribution in [1.29, 1.82) is 0 Å². The average molecular weight is 272 g/mol. The van der Waals surface area contributed by atoms with Gasteiger partial charge in [0.05, 0.1) is 19.2 Å². The molecule has 102 valence electrons. The van der Waals surface area contributed by atoms with Gasteiger partial charge in [0.25, 0.3) is 5.56 Å². The number of nitrogens with one attached hydrogen (secondary N) is 1. The van der Waals surface area contributed by atoms with Crippen LogP contribution in [0.4, 0.5) is 0 Å². The molecule has 3 rings (SSSR count). The lowest BCUT2D eigenvalue weighted by Crippen LogP contribution is -2.33. The zero-order valence-electron chi connectivity index (χ0n) is 11.5. The number of nitrogens with zero attached hydrogens (tertiary/aromatic N) is 3. The van der Waals surface area contributed by atoms with Gasteiger partial charge in [0.1, 0.15) is 21.1 Å². The minimum Gasteiger partial charge on any atom is -0.394 e. The molecule has 0 radical (unpaired) electrons. The summed E-state index contributed by atoms with van der Waals surface area (Å²) in [7, 11) is 0. The Bertz CT molecular complexity index is 747. The van der Waals surface area contributed by atoms with Gasteiger partial charge in [0.15, 0.2) is 17.4 Å². The average Bonchev–Trinajstić information content (AvgIpc) is 2.89. The van der Waals surface area contributed by atoms with Gasteiger partial charge in [-0.3, -0.25) is 9.36 Å². The summed E-state index contributed by atoms with van der Waals surface area (Å²) in [4.78, 5) is 21.3. The number of H-pyrrole nitrogens is 1. The number of rotatable bonds is 2. The highest BCUT2D eigenvalue weighted by molar-refractivity contribution is 5.68. The van der Waals surface area contributed by atoms with Crippen molar-refractivity contribution in [2.24, 2.45) is 0 Å². The Kier molecular flexibility index (Phi) is 2.32. The van der Waals surface area contributed by atoms with Gasteiger partial charge in [-0.15, -0.1) is 0 Å². The molecular formula is C10H12N4O5. The summed E-state index contributed by atoms with van der Waals surface area (Å²) in [5, 5.41) is 28.8. The van der Waals surface area contributed by atoms with Crippen LogP contribution in [-0.4, -0.2) is 59.8 Å². The third-order valence-electron chi connectivity index (χ3n) is 3.03. The van der Waals surface area contributed by atoms with Crippen molar-refractivity contribution in [2.45, 2.75) is 24.5 Å². The first-order valence-corrected chi connectivity index (χ1v) is 5.52. The number of aromatic nitrogens is 4. The zero-order valence-corrected chi connectivity index (χ0v) is 9.52. The van der Waals surface area contributed by atoms with Crippen molar-refractivity contribution < 1.29 is 22.8 Å². The molecule has 0 amide bonds. The van der Waals surface area contributed by atoms with Crippen molar-refractivity contribution in [3.05, 3.63) is 23.0 Å². The van der Waals surface area contributed by atoms with Gasteiger partial charge >= 0.3 is 0 Å². The molecule has 4 N–H and O–H groups in total. The van der Waals surface area contributed by atoms with Gasteiger partial charge in [-0.2, -0.15) is 0 Å². The minimum atomic E-state index is -1.43. The molecule has 1 aliphatic heterocycles. The molecular weight excluding hydrogens is 256 g/mol. The lowest BCUT2D eigenvalue weighted by atomic mass is 10.1. The maximum absolute atomic E-state index is 11.7. The Hall–Kier alpha value is -1.81. The summed E-state index contributed by atoms with van der Waals surface area (Å²) in [6.07, 6.45) is -5.89. The molecule has 9 heteroatoms. The Labute approximate surface area is 108 Å². The fraction of sp³-hybridized carbons (Fsp3) is 0.500. The van der Waals surface area contributed by atoms with Crippen LogP contribution >= 0.6 is 0 Å². The molecule has 2 aromatic rings. The fourth-order valence-corrected chi connectivity index (χ4v) is 2.04. The molecule has 1 saturated heterocycles. The van der Waals surface area contributed by atoms with Gasteiger partial charge in [-0.05, 0) is 0 Å². The minimum absolute atomic E-state index is 0.108. The summed E-state index contributed by atoms with van der Waals surface area (Å²) in [5.41, 5.74) is -0.971. The van der Waals surface area contributed by atoms with Crippen LogP contribution in [0.3, 0.4) is 0 Å². The highest BCUT2D eigenvalue weighted by Gasteiger charge is 2.43. The number of hydrogen-bond donors (Lipinski definition) is 4. The van der Waals surface area contributed by atoms with E-state index in [1.807, 2.05) is 0 Å². The molecule has 9 nitrogen and oxygen atoms in total. The number of aliphatic hydroxyl groups excluding tert-OH is 3. The molecule has 0 saturated carbocycles. The highest BCUT2D eigenvalue weighted by Crippen LogP contribution is 2.30. The monoisotopic (exact) mass is 272 g/mol. The van der Waals surface area contributed by atoms with E-state index in [2.05, 4.69) is 15.0 Å². The third kappa shape index (κ3) is 1.75. The second-order valence-corrected chi connectivity index (χ2v) is 4.16. The molecule has 0 aliphatic carbocycles. The third-order valence-corrected chi connectivity index (χ3v) is 3.03. The summed E-state index contributed by atoms with van der Waals surface area (Å²) < 4.78 is 21.5. The van der Waals surface area contributed by atoms with Gasteiger partial charge in [0.2, 0.25) is 0 Å². The van der Waals surface area contributed by atoms with Gasteiger partial charge in [-0.1, -0.05) is 0 Å². The molecule has 1 fully saturated rings. The molecule has 1 aliphatic rings. The van der Waals surface area contributed by atoms with Gasteiger partial charge in [-0.25, -0.2) is 9.97 Å². The van der Waals surface area contributed by atoms with E-state index in [4.69, 9.17) is 12.6 Å². The molecule has 2 aromatic heterocycles. The maximum Gasteiger partial charge on any atom is 0.278 e. The van der Waals surface area contributed by atoms with E-state index in [-0.39, 0.29) is 11.2 Å². The Morgan fingerprint density at radius 1 is 1.47 bits per heavy atom. The molecule has 0 bridgehead atoms. The smallest absolute Gasteiger partial charge is 0.278 e. The maximum atomic E-state index is 11.7. The summed E-state index contributed by atoms with van der Waals surface area (Å²) in [6.45, 7) is -0.521. The van der Waals surface area contributed by atoms with Crippen LogP contribution in [0.2, 0.25) is 0 Å². The Balaban J connectivity index is 2.17. The van der Waals surface area contributed by atoms with Crippen molar-refractivity contribution in [2.75, 3.05) is 6.61 Å². The lowest BCUT2D eigenvalue weighted by molar-refractivity contribution is -0.0511. The number of hydrogen-bond acceptors (Lipinski definition) is 7. The van der Waals surface area contributed by atoms with Crippen molar-refractivity contribution in [1.82, 2.24) is 19.5 Å². The molecule has 0 aromatic carbocycles. The van der Waals surface area contributed by atoms with Gasteiger partial charge in [0, 0.05) is 0 Å². The van der Waals surface area contributed by atoms with E-state index in [1.54, 1.807) is 0 Å². The largest absolute Gasteiger partial charge is 0.394 e. The van der Waals surface area contributed by atoms with Gasteiger partial charge < -0.3 is 25.0 Å². The van der Waals surface area contributed by atoms with Crippen LogP contribution < -0.4 is 5.56 Å². The second-order valence-electron chi connectivity index (χ2n) is 4.16. The lowest BCUT2D eigenvalue weighted by Gasteiger charge is -2.16. The standard InChI is InChI=1S/C10H12N4O5/c15-1-4-6(16)7(17)10(19-4)14-3-13-5-8(14)11-2-12-9(5)18/h2-4,6-7,10,15-17H,1H2,(H,11,12,18)/t4-,6-,7-,10-/m1/s1/i2T,3T. The van der Waals surface area contributed by atoms with E-state index in [0.717, 1.165) is 4.57 Å². The van der Waals surface area contributed by atoms with E-state index < -0.39 is 49.3 Å². The second kappa shape index (κ2) is 4.38. The van der Waals surface area contributed by atoms with Crippen molar-refractivity contribution in [3.63, 3.8) is 0 Å². The molecule has 0 unspecified atom stereocenters. The SMILES string of the molecule is [3H]c1nc2c(nc([3H])n2[C@@H]2O[C@H](CO)[C@@H](O)[C@H]2O)c(=O)[nH]1. The fourth-order valence-electron chi connectivity index (χ4n) is 2.04. The molecule has 0 spiro atoms. The highest BCUT2D eigenvalue weighted by atomic mass is 16.6. The Morgan fingerprint density at radius 3 is 2.95 bits per heavy atom. The molecule has 3 heterocycles. The summed E-state index contributed by atoms with van der Waals surface area (Å²) in [6, 6.07) is 0. The Morgan fingerprint density at radius 2 is 2.26 bits per heavy atom. The first-order valence-electron chi connectivity index (χ1n) is 6.52. The first kappa shape index (κ1) is 10.0. The van der Waals surface area contributed by atoms with E-state index in [9.17, 15) is 15.0 Å². The predicted octanol–water partition coefficient (Wildman–Crippen LogP) is -2.27. The van der Waals surface area contributed by atoms with Crippen LogP contribution in [0.25, 0.3) is 11.2 Å². The quantitative estimate of drug-likeness (QED) is 0.484. The molecule has 4 atom stereocenters. The van der Waals surface area contributed by atoms with E-state index in [0.29, 0.717) is 0 Å². The first-order chi connectivity index (χ1) is 9.93. The van der Waals surface area contributed by atoms with Crippen LogP contribution in [0, 0.1) is 0 Å².